The van der Waals surface area contributed by atoms with Crippen LogP contribution in [0.3, 0.4) is 0 Å². The number of ether oxygens (including phenoxy) is 1. The van der Waals surface area contributed by atoms with Crippen molar-refractivity contribution < 1.29 is 9.53 Å². The summed E-state index contributed by atoms with van der Waals surface area (Å²) >= 11 is 0. The van der Waals surface area contributed by atoms with Crippen molar-refractivity contribution in [2.45, 2.75) is 6.42 Å². The van der Waals surface area contributed by atoms with Crippen molar-refractivity contribution in [3.05, 3.63) is 83.5 Å². The van der Waals surface area contributed by atoms with E-state index in [4.69, 9.17) is 5.41 Å². The maximum atomic E-state index is 11.5. The Morgan fingerprint density at radius 2 is 1.97 bits per heavy atom. The fourth-order valence-corrected chi connectivity index (χ4v) is 2.97. The van der Waals surface area contributed by atoms with E-state index in [0.717, 1.165) is 16.8 Å². The van der Waals surface area contributed by atoms with E-state index >= 15 is 0 Å². The minimum absolute atomic E-state index is 0.296. The molecule has 4 aromatic rings. The second-order valence-corrected chi connectivity index (χ2v) is 6.66. The van der Waals surface area contributed by atoms with Gasteiger partial charge in [-0.05, 0) is 17.7 Å². The minimum Gasteiger partial charge on any atom is -0.465 e. The number of aromatic nitrogens is 6. The van der Waals surface area contributed by atoms with Gasteiger partial charge in [-0.3, -0.25) is 10.1 Å². The van der Waals surface area contributed by atoms with Gasteiger partial charge in [0.15, 0.2) is 5.82 Å². The SMILES string of the molecule is COC(=O)c1cnc(-c2cccc(Cc3nn(-c4cnn(C)c4)ccc3=N)c2)nc1. The van der Waals surface area contributed by atoms with Gasteiger partial charge in [0.2, 0.25) is 0 Å². The Bertz CT molecular complexity index is 1260. The molecule has 0 atom stereocenters. The predicted molar refractivity (Wildman–Crippen MR) is 108 cm³/mol. The quantitative estimate of drug-likeness (QED) is 0.512. The number of nitrogens with one attached hydrogen (secondary N) is 1. The van der Waals surface area contributed by atoms with Crippen molar-refractivity contribution >= 4 is 5.97 Å². The lowest BCUT2D eigenvalue weighted by molar-refractivity contribution is 0.0600. The van der Waals surface area contributed by atoms with Crippen molar-refractivity contribution in [3.63, 3.8) is 0 Å². The molecule has 4 rings (SSSR count). The van der Waals surface area contributed by atoms with Crippen LogP contribution in [0.25, 0.3) is 17.1 Å². The smallest absolute Gasteiger partial charge is 0.341 e. The third-order valence-electron chi connectivity index (χ3n) is 4.51. The van der Waals surface area contributed by atoms with Gasteiger partial charge in [0, 0.05) is 37.6 Å². The number of hydrogen-bond donors (Lipinski definition) is 1. The van der Waals surface area contributed by atoms with Crippen molar-refractivity contribution in [2.24, 2.45) is 7.05 Å². The van der Waals surface area contributed by atoms with Crippen LogP contribution in [-0.4, -0.2) is 42.6 Å². The van der Waals surface area contributed by atoms with Gasteiger partial charge in [-0.2, -0.15) is 10.2 Å². The van der Waals surface area contributed by atoms with Crippen molar-refractivity contribution in [3.8, 4) is 17.1 Å². The molecule has 3 heterocycles. The molecule has 0 aliphatic heterocycles. The van der Waals surface area contributed by atoms with E-state index in [9.17, 15) is 4.79 Å². The van der Waals surface area contributed by atoms with Gasteiger partial charge in [-0.1, -0.05) is 18.2 Å². The molecule has 0 aliphatic rings. The molecule has 9 nitrogen and oxygen atoms in total. The molecule has 1 aromatic carbocycles. The summed E-state index contributed by atoms with van der Waals surface area (Å²) in [6.45, 7) is 0. The van der Waals surface area contributed by atoms with Crippen LogP contribution in [0.15, 0.2) is 61.3 Å². The molecule has 9 heteroatoms. The molecule has 3 aromatic heterocycles. The van der Waals surface area contributed by atoms with Gasteiger partial charge < -0.3 is 4.74 Å². The number of methoxy groups -OCH3 is 1. The molecule has 0 aliphatic carbocycles. The molecule has 150 valence electrons. The monoisotopic (exact) mass is 401 g/mol. The van der Waals surface area contributed by atoms with E-state index in [-0.39, 0.29) is 0 Å². The molecule has 1 N–H and O–H groups in total. The zero-order valence-electron chi connectivity index (χ0n) is 16.5. The second kappa shape index (κ2) is 8.08. The number of carbonyl (C=O) groups excluding carboxylic acids is 1. The summed E-state index contributed by atoms with van der Waals surface area (Å²) < 4.78 is 8.08. The molecule has 0 amide bonds. The van der Waals surface area contributed by atoms with E-state index in [2.05, 4.69) is 24.9 Å². The normalized spacial score (nSPS) is 10.7. The first-order chi connectivity index (χ1) is 14.5. The Morgan fingerprint density at radius 3 is 2.67 bits per heavy atom. The lowest BCUT2D eigenvalue weighted by Crippen LogP contribution is -2.16. The summed E-state index contributed by atoms with van der Waals surface area (Å²) in [6.07, 6.45) is 8.69. The summed E-state index contributed by atoms with van der Waals surface area (Å²) in [5.41, 5.74) is 3.54. The molecule has 0 spiro atoms. The number of rotatable bonds is 5. The van der Waals surface area contributed by atoms with Gasteiger partial charge in [-0.25, -0.2) is 19.4 Å². The fourth-order valence-electron chi connectivity index (χ4n) is 2.97. The van der Waals surface area contributed by atoms with Gasteiger partial charge in [0.1, 0.15) is 5.69 Å². The highest BCUT2D eigenvalue weighted by Crippen LogP contribution is 2.18. The van der Waals surface area contributed by atoms with E-state index in [1.165, 1.54) is 19.5 Å². The van der Waals surface area contributed by atoms with Gasteiger partial charge in [0.25, 0.3) is 0 Å². The Balaban J connectivity index is 1.61. The van der Waals surface area contributed by atoms with Crippen LogP contribution < -0.4 is 5.36 Å². The van der Waals surface area contributed by atoms with Crippen LogP contribution >= 0.6 is 0 Å². The van der Waals surface area contributed by atoms with E-state index in [1.54, 1.807) is 27.8 Å². The Morgan fingerprint density at radius 1 is 1.17 bits per heavy atom. The van der Waals surface area contributed by atoms with Crippen LogP contribution in [-0.2, 0) is 18.2 Å². The summed E-state index contributed by atoms with van der Waals surface area (Å²) in [4.78, 5) is 20.1. The number of aryl methyl sites for hydroxylation is 1. The number of hydrogen-bond acceptors (Lipinski definition) is 7. The Kier molecular flexibility index (Phi) is 5.17. The van der Waals surface area contributed by atoms with Crippen LogP contribution in [0, 0.1) is 5.41 Å². The zero-order chi connectivity index (χ0) is 21.1. The maximum Gasteiger partial charge on any atom is 0.341 e. The van der Waals surface area contributed by atoms with Gasteiger partial charge >= 0.3 is 5.97 Å². The molecule has 0 unspecified atom stereocenters. The molecule has 30 heavy (non-hydrogen) atoms. The maximum absolute atomic E-state index is 11.5. The van der Waals surface area contributed by atoms with E-state index in [1.807, 2.05) is 37.5 Å². The highest BCUT2D eigenvalue weighted by atomic mass is 16.5. The summed E-state index contributed by atoms with van der Waals surface area (Å²) in [5, 5.41) is 17.3. The van der Waals surface area contributed by atoms with Crippen molar-refractivity contribution in [2.75, 3.05) is 7.11 Å². The fraction of sp³-hybridized carbons (Fsp3) is 0.143. The summed E-state index contributed by atoms with van der Waals surface area (Å²) in [7, 11) is 3.16. The average molecular weight is 401 g/mol. The number of benzene rings is 1. The first-order valence-electron chi connectivity index (χ1n) is 9.15. The number of esters is 1. The number of nitrogens with zero attached hydrogens (tertiary/aromatic N) is 6. The van der Waals surface area contributed by atoms with Crippen LogP contribution in [0.4, 0.5) is 0 Å². The zero-order valence-corrected chi connectivity index (χ0v) is 16.5. The van der Waals surface area contributed by atoms with Gasteiger partial charge in [-0.15, -0.1) is 0 Å². The molecule has 0 saturated heterocycles. The highest BCUT2D eigenvalue weighted by Gasteiger charge is 2.10. The van der Waals surface area contributed by atoms with Crippen molar-refractivity contribution in [1.82, 2.24) is 29.5 Å². The lowest BCUT2D eigenvalue weighted by Gasteiger charge is -2.08. The molecule has 0 radical (unpaired) electrons. The van der Waals surface area contributed by atoms with Crippen LogP contribution in [0.1, 0.15) is 21.6 Å². The molecule has 0 bridgehead atoms. The molecule has 0 fully saturated rings. The first-order valence-corrected chi connectivity index (χ1v) is 9.15. The van der Waals surface area contributed by atoms with Crippen LogP contribution in [0.5, 0.6) is 0 Å². The molecular formula is C21H19N7O2. The molecular weight excluding hydrogens is 382 g/mol. The largest absolute Gasteiger partial charge is 0.465 e. The molecule has 0 saturated carbocycles. The summed E-state index contributed by atoms with van der Waals surface area (Å²) in [6, 6.07) is 9.44. The van der Waals surface area contributed by atoms with E-state index in [0.29, 0.717) is 28.9 Å². The Labute approximate surface area is 172 Å². The first kappa shape index (κ1) is 19.2. The number of carbonyl (C=O) groups is 1. The lowest BCUT2D eigenvalue weighted by atomic mass is 10.1. The predicted octanol–water partition coefficient (Wildman–Crippen LogP) is 1.92. The van der Waals surface area contributed by atoms with Crippen molar-refractivity contribution in [1.29, 1.82) is 5.41 Å². The van der Waals surface area contributed by atoms with Crippen LogP contribution in [0.2, 0.25) is 0 Å². The third-order valence-corrected chi connectivity index (χ3v) is 4.51. The van der Waals surface area contributed by atoms with Gasteiger partial charge in [0.05, 0.1) is 36.1 Å². The topological polar surface area (TPSA) is 112 Å². The standard InChI is InChI=1S/C21H19N7O2/c1-27-13-17(12-25-27)28-7-6-18(22)19(26-28)9-14-4-3-5-15(8-14)20-23-10-16(11-24-20)21(29)30-2/h3-8,10-13,22H,9H2,1-2H3. The van der Waals surface area contributed by atoms with E-state index < -0.39 is 5.97 Å². The average Bonchev–Trinajstić information content (AvgIpc) is 3.21. The minimum atomic E-state index is -0.477. The summed E-state index contributed by atoms with van der Waals surface area (Å²) in [5.74, 6) is 0.0254. The third kappa shape index (κ3) is 4.00. The highest BCUT2D eigenvalue weighted by molar-refractivity contribution is 5.88. The second-order valence-electron chi connectivity index (χ2n) is 6.66. The Hall–Kier alpha value is -4.14.